The predicted octanol–water partition coefficient (Wildman–Crippen LogP) is 5.77. The number of hydrogen-bond acceptors (Lipinski definition) is 2. The van der Waals surface area contributed by atoms with Gasteiger partial charge in [0.15, 0.2) is 0 Å². The fraction of sp³-hybridized carbons (Fsp3) is 0.182. The summed E-state index contributed by atoms with van der Waals surface area (Å²) >= 11 is 0. The second kappa shape index (κ2) is 10.1. The predicted molar refractivity (Wildman–Crippen MR) is 102 cm³/mol. The summed E-state index contributed by atoms with van der Waals surface area (Å²) in [4.78, 5) is 0. The minimum Gasteiger partial charge on any atom is -0.490 e. The Morgan fingerprint density at radius 3 is 1.33 bits per heavy atom. The molecule has 0 spiro atoms. The lowest BCUT2D eigenvalue weighted by molar-refractivity contribution is 0.350. The largest absolute Gasteiger partial charge is 0.490 e. The Bertz CT molecular complexity index is 615. The molecule has 0 unspecified atom stereocenters. The molecule has 2 rings (SSSR count). The van der Waals surface area contributed by atoms with Gasteiger partial charge in [0.1, 0.15) is 24.7 Å². The maximum atomic E-state index is 5.66. The van der Waals surface area contributed by atoms with E-state index in [-0.39, 0.29) is 0 Å². The van der Waals surface area contributed by atoms with Gasteiger partial charge in [0.05, 0.1) is 0 Å². The number of hydrogen-bond donors (Lipinski definition) is 0. The van der Waals surface area contributed by atoms with Crippen LogP contribution in [-0.2, 0) is 0 Å². The molecule has 0 heterocycles. The lowest BCUT2D eigenvalue weighted by atomic mass is 10.2. The van der Waals surface area contributed by atoms with Gasteiger partial charge in [-0.05, 0) is 61.4 Å². The van der Waals surface area contributed by atoms with E-state index >= 15 is 0 Å². The molecular weight excluding hydrogens is 296 g/mol. The van der Waals surface area contributed by atoms with Crippen LogP contribution in [-0.4, -0.2) is 13.2 Å². The van der Waals surface area contributed by atoms with Crippen LogP contribution in [0, 0.1) is 0 Å². The Labute approximate surface area is 144 Å². The highest BCUT2D eigenvalue weighted by Crippen LogP contribution is 2.14. The molecule has 2 aromatic rings. The van der Waals surface area contributed by atoms with Crippen LogP contribution in [0.4, 0.5) is 0 Å². The number of rotatable bonds is 8. The van der Waals surface area contributed by atoms with Gasteiger partial charge in [-0.3, -0.25) is 0 Å². The quantitative estimate of drug-likeness (QED) is 0.575. The molecule has 0 amide bonds. The van der Waals surface area contributed by atoms with Crippen molar-refractivity contribution in [2.24, 2.45) is 0 Å². The smallest absolute Gasteiger partial charge is 0.119 e. The van der Waals surface area contributed by atoms with E-state index in [1.807, 2.05) is 86.7 Å². The first kappa shape index (κ1) is 17.6. The van der Waals surface area contributed by atoms with Crippen LogP contribution in [0.1, 0.15) is 25.0 Å². The van der Waals surface area contributed by atoms with Gasteiger partial charge in [0.2, 0.25) is 0 Å². The van der Waals surface area contributed by atoms with E-state index in [9.17, 15) is 0 Å². The van der Waals surface area contributed by atoms with Gasteiger partial charge in [-0.15, -0.1) is 0 Å². The SMILES string of the molecule is C/C=C\c1ccc(OC/C=C/COc2ccc(/C=C\C)cc2)cc1. The van der Waals surface area contributed by atoms with Crippen LogP contribution in [0.15, 0.2) is 72.8 Å². The highest BCUT2D eigenvalue weighted by atomic mass is 16.5. The fourth-order valence-corrected chi connectivity index (χ4v) is 2.16. The van der Waals surface area contributed by atoms with Gasteiger partial charge in [-0.2, -0.15) is 0 Å². The second-order valence-corrected chi connectivity index (χ2v) is 5.23. The first-order chi connectivity index (χ1) is 11.8. The van der Waals surface area contributed by atoms with Crippen molar-refractivity contribution in [3.63, 3.8) is 0 Å². The number of allylic oxidation sites excluding steroid dienone is 2. The molecule has 0 aromatic heterocycles. The summed E-state index contributed by atoms with van der Waals surface area (Å²) in [6, 6.07) is 16.1. The molecule has 0 radical (unpaired) electrons. The van der Waals surface area contributed by atoms with Gasteiger partial charge >= 0.3 is 0 Å². The monoisotopic (exact) mass is 320 g/mol. The maximum Gasteiger partial charge on any atom is 0.119 e. The van der Waals surface area contributed by atoms with Gasteiger partial charge in [0.25, 0.3) is 0 Å². The van der Waals surface area contributed by atoms with Crippen LogP contribution < -0.4 is 9.47 Å². The van der Waals surface area contributed by atoms with E-state index in [1.54, 1.807) is 0 Å². The molecular formula is C22H24O2. The van der Waals surface area contributed by atoms with Crippen molar-refractivity contribution in [3.05, 3.63) is 84.0 Å². The average molecular weight is 320 g/mol. The van der Waals surface area contributed by atoms with Gasteiger partial charge in [0, 0.05) is 0 Å². The molecule has 2 heteroatoms. The van der Waals surface area contributed by atoms with Crippen molar-refractivity contribution in [2.75, 3.05) is 13.2 Å². The Morgan fingerprint density at radius 1 is 0.625 bits per heavy atom. The van der Waals surface area contributed by atoms with E-state index in [0.717, 1.165) is 11.5 Å². The highest BCUT2D eigenvalue weighted by molar-refractivity contribution is 5.50. The summed E-state index contributed by atoms with van der Waals surface area (Å²) in [6.07, 6.45) is 12.1. The number of benzene rings is 2. The molecule has 0 bridgehead atoms. The zero-order valence-electron chi connectivity index (χ0n) is 14.3. The molecule has 2 nitrogen and oxygen atoms in total. The summed E-state index contributed by atoms with van der Waals surface area (Å²) in [7, 11) is 0. The number of ether oxygens (including phenoxy) is 2. The standard InChI is InChI=1S/C22H24O2/c1-3-7-19-9-13-21(14-10-19)23-17-5-6-18-24-22-15-11-20(8-4-2)12-16-22/h3-16H,17-18H2,1-2H3/b6-5+,7-3-,8-4-. The molecule has 0 aliphatic rings. The third-order valence-electron chi connectivity index (χ3n) is 3.34. The first-order valence-corrected chi connectivity index (χ1v) is 8.18. The average Bonchev–Trinajstić information content (AvgIpc) is 2.61. The molecule has 124 valence electrons. The van der Waals surface area contributed by atoms with Crippen molar-refractivity contribution in [3.8, 4) is 11.5 Å². The lowest BCUT2D eigenvalue weighted by Crippen LogP contribution is -1.96. The topological polar surface area (TPSA) is 18.5 Å². The van der Waals surface area contributed by atoms with E-state index in [0.29, 0.717) is 13.2 Å². The summed E-state index contributed by atoms with van der Waals surface area (Å²) in [5.41, 5.74) is 2.35. The van der Waals surface area contributed by atoms with Gasteiger partial charge < -0.3 is 9.47 Å². The molecule has 0 aliphatic heterocycles. The summed E-state index contributed by atoms with van der Waals surface area (Å²) in [5.74, 6) is 1.74. The molecule has 0 fully saturated rings. The minimum atomic E-state index is 0.534. The van der Waals surface area contributed by atoms with Crippen LogP contribution in [0.25, 0.3) is 12.2 Å². The Balaban J connectivity index is 1.69. The normalized spacial score (nSPS) is 11.6. The van der Waals surface area contributed by atoms with Crippen LogP contribution in [0.5, 0.6) is 11.5 Å². The molecule has 0 atom stereocenters. The van der Waals surface area contributed by atoms with E-state index in [2.05, 4.69) is 12.2 Å². The Hall–Kier alpha value is -2.74. The Kier molecular flexibility index (Phi) is 7.42. The molecule has 0 saturated carbocycles. The lowest BCUT2D eigenvalue weighted by Gasteiger charge is -2.04. The zero-order chi connectivity index (χ0) is 17.0. The summed E-state index contributed by atoms with van der Waals surface area (Å²) in [5, 5.41) is 0. The van der Waals surface area contributed by atoms with E-state index in [1.165, 1.54) is 11.1 Å². The fourth-order valence-electron chi connectivity index (χ4n) is 2.16. The van der Waals surface area contributed by atoms with Gasteiger partial charge in [-0.25, -0.2) is 0 Å². The minimum absolute atomic E-state index is 0.534. The van der Waals surface area contributed by atoms with Gasteiger partial charge in [-0.1, -0.05) is 48.6 Å². The first-order valence-electron chi connectivity index (χ1n) is 8.18. The molecule has 0 aliphatic carbocycles. The van der Waals surface area contributed by atoms with E-state index < -0.39 is 0 Å². The molecule has 2 aromatic carbocycles. The van der Waals surface area contributed by atoms with Crippen LogP contribution >= 0.6 is 0 Å². The summed E-state index contributed by atoms with van der Waals surface area (Å²) < 4.78 is 11.3. The third-order valence-corrected chi connectivity index (χ3v) is 3.34. The highest BCUT2D eigenvalue weighted by Gasteiger charge is 1.93. The summed E-state index contributed by atoms with van der Waals surface area (Å²) in [6.45, 7) is 5.08. The van der Waals surface area contributed by atoms with Crippen molar-refractivity contribution >= 4 is 12.2 Å². The van der Waals surface area contributed by atoms with Crippen LogP contribution in [0.3, 0.4) is 0 Å². The van der Waals surface area contributed by atoms with Crippen molar-refractivity contribution in [1.82, 2.24) is 0 Å². The van der Waals surface area contributed by atoms with Crippen molar-refractivity contribution < 1.29 is 9.47 Å². The molecule has 24 heavy (non-hydrogen) atoms. The van der Waals surface area contributed by atoms with E-state index in [4.69, 9.17) is 9.47 Å². The third kappa shape index (κ3) is 6.17. The van der Waals surface area contributed by atoms with Crippen LogP contribution in [0.2, 0.25) is 0 Å². The second-order valence-electron chi connectivity index (χ2n) is 5.23. The van der Waals surface area contributed by atoms with Crippen molar-refractivity contribution in [2.45, 2.75) is 13.8 Å². The maximum absolute atomic E-state index is 5.66. The zero-order valence-corrected chi connectivity index (χ0v) is 14.3. The Morgan fingerprint density at radius 2 is 1.00 bits per heavy atom. The molecule has 0 saturated heterocycles. The van der Waals surface area contributed by atoms with Crippen molar-refractivity contribution in [1.29, 1.82) is 0 Å². The molecule has 0 N–H and O–H groups in total.